The lowest BCUT2D eigenvalue weighted by molar-refractivity contribution is -0.00614. The zero-order chi connectivity index (χ0) is 13.7. The van der Waals surface area contributed by atoms with Crippen molar-refractivity contribution in [2.75, 3.05) is 26.9 Å². The number of ether oxygens (including phenoxy) is 2. The lowest BCUT2D eigenvalue weighted by atomic mass is 9.96. The number of aliphatic hydroxyl groups is 2. The van der Waals surface area contributed by atoms with Crippen molar-refractivity contribution >= 4 is 0 Å². The van der Waals surface area contributed by atoms with E-state index in [9.17, 15) is 10.2 Å². The SMILES string of the molecule is COCCOCC(O)CC1Cc2ccccc2C1O. The second-order valence-electron chi connectivity index (χ2n) is 5.07. The number of rotatable bonds is 7. The third-order valence-corrected chi connectivity index (χ3v) is 3.62. The van der Waals surface area contributed by atoms with Crippen LogP contribution in [0, 0.1) is 5.92 Å². The maximum atomic E-state index is 10.2. The highest BCUT2D eigenvalue weighted by atomic mass is 16.5. The maximum absolute atomic E-state index is 10.2. The molecule has 4 heteroatoms. The third kappa shape index (κ3) is 3.76. The van der Waals surface area contributed by atoms with Crippen molar-refractivity contribution in [2.45, 2.75) is 25.0 Å². The molecule has 0 amide bonds. The van der Waals surface area contributed by atoms with Crippen LogP contribution in [0.5, 0.6) is 0 Å². The van der Waals surface area contributed by atoms with Crippen LogP contribution < -0.4 is 0 Å². The molecule has 0 radical (unpaired) electrons. The van der Waals surface area contributed by atoms with Crippen molar-refractivity contribution in [3.63, 3.8) is 0 Å². The van der Waals surface area contributed by atoms with Gasteiger partial charge in [-0.1, -0.05) is 24.3 Å². The van der Waals surface area contributed by atoms with Crippen LogP contribution in [-0.2, 0) is 15.9 Å². The van der Waals surface area contributed by atoms with Gasteiger partial charge in [0.2, 0.25) is 0 Å². The van der Waals surface area contributed by atoms with Gasteiger partial charge in [-0.05, 0) is 29.9 Å². The van der Waals surface area contributed by atoms with Gasteiger partial charge in [-0.15, -0.1) is 0 Å². The first-order valence-corrected chi connectivity index (χ1v) is 6.73. The van der Waals surface area contributed by atoms with Crippen LogP contribution in [0.3, 0.4) is 0 Å². The van der Waals surface area contributed by atoms with Gasteiger partial charge in [0.05, 0.1) is 32.0 Å². The van der Waals surface area contributed by atoms with Gasteiger partial charge in [-0.25, -0.2) is 0 Å². The predicted octanol–water partition coefficient (Wildman–Crippen LogP) is 1.31. The fraction of sp³-hybridized carbons (Fsp3) is 0.600. The largest absolute Gasteiger partial charge is 0.391 e. The molecule has 4 nitrogen and oxygen atoms in total. The van der Waals surface area contributed by atoms with E-state index in [2.05, 4.69) is 0 Å². The van der Waals surface area contributed by atoms with E-state index in [0.29, 0.717) is 26.2 Å². The minimum absolute atomic E-state index is 0.0819. The molecule has 1 aliphatic carbocycles. The summed E-state index contributed by atoms with van der Waals surface area (Å²) in [6.45, 7) is 1.31. The van der Waals surface area contributed by atoms with Gasteiger partial charge in [-0.2, -0.15) is 0 Å². The Balaban J connectivity index is 1.78. The second kappa shape index (κ2) is 7.01. The van der Waals surface area contributed by atoms with Crippen LogP contribution in [0.25, 0.3) is 0 Å². The topological polar surface area (TPSA) is 58.9 Å². The molecule has 2 N–H and O–H groups in total. The van der Waals surface area contributed by atoms with E-state index < -0.39 is 12.2 Å². The fourth-order valence-electron chi connectivity index (χ4n) is 2.65. The van der Waals surface area contributed by atoms with E-state index in [-0.39, 0.29) is 5.92 Å². The number of methoxy groups -OCH3 is 1. The molecule has 106 valence electrons. The molecule has 1 aliphatic rings. The lowest BCUT2D eigenvalue weighted by Crippen LogP contribution is -2.22. The van der Waals surface area contributed by atoms with Gasteiger partial charge in [-0.3, -0.25) is 0 Å². The molecule has 0 heterocycles. The molecule has 3 atom stereocenters. The van der Waals surface area contributed by atoms with E-state index >= 15 is 0 Å². The highest BCUT2D eigenvalue weighted by molar-refractivity contribution is 5.34. The molecule has 2 rings (SSSR count). The quantitative estimate of drug-likeness (QED) is 0.731. The Morgan fingerprint density at radius 2 is 2.11 bits per heavy atom. The highest BCUT2D eigenvalue weighted by Crippen LogP contribution is 2.38. The number of fused-ring (bicyclic) bond motifs is 1. The van der Waals surface area contributed by atoms with Crippen molar-refractivity contribution in [3.8, 4) is 0 Å². The van der Waals surface area contributed by atoms with E-state index in [0.717, 1.165) is 12.0 Å². The minimum Gasteiger partial charge on any atom is -0.391 e. The normalized spacial score (nSPS) is 23.3. The van der Waals surface area contributed by atoms with Crippen molar-refractivity contribution in [1.82, 2.24) is 0 Å². The zero-order valence-electron chi connectivity index (χ0n) is 11.3. The summed E-state index contributed by atoms with van der Waals surface area (Å²) in [4.78, 5) is 0. The summed E-state index contributed by atoms with van der Waals surface area (Å²) in [5.74, 6) is 0.0819. The van der Waals surface area contributed by atoms with E-state index in [1.807, 2.05) is 24.3 Å². The molecular formula is C15H22O4. The van der Waals surface area contributed by atoms with Gasteiger partial charge in [0.1, 0.15) is 0 Å². The van der Waals surface area contributed by atoms with Crippen LogP contribution >= 0.6 is 0 Å². The summed E-state index contributed by atoms with van der Waals surface area (Å²) < 4.78 is 10.2. The molecule has 1 aromatic rings. The predicted molar refractivity (Wildman–Crippen MR) is 71.9 cm³/mol. The Bertz CT molecular complexity index is 393. The van der Waals surface area contributed by atoms with Crippen molar-refractivity contribution in [3.05, 3.63) is 35.4 Å². The van der Waals surface area contributed by atoms with E-state index in [1.54, 1.807) is 7.11 Å². The van der Waals surface area contributed by atoms with E-state index in [4.69, 9.17) is 9.47 Å². The molecular weight excluding hydrogens is 244 g/mol. The Labute approximate surface area is 114 Å². The molecule has 3 unspecified atom stereocenters. The second-order valence-corrected chi connectivity index (χ2v) is 5.07. The number of hydrogen-bond donors (Lipinski definition) is 2. The average molecular weight is 266 g/mol. The summed E-state index contributed by atoms with van der Waals surface area (Å²) in [6.07, 6.45) is 0.380. The lowest BCUT2D eigenvalue weighted by Gasteiger charge is -2.19. The first kappa shape index (κ1) is 14.5. The minimum atomic E-state index is -0.536. The zero-order valence-corrected chi connectivity index (χ0v) is 11.3. The van der Waals surface area contributed by atoms with Crippen molar-refractivity contribution in [1.29, 1.82) is 0 Å². The average Bonchev–Trinajstić information content (AvgIpc) is 2.72. The summed E-state index contributed by atoms with van der Waals surface area (Å²) in [5, 5.41) is 20.2. The number of hydrogen-bond acceptors (Lipinski definition) is 4. The van der Waals surface area contributed by atoms with Gasteiger partial charge < -0.3 is 19.7 Å². The summed E-state index contributed by atoms with van der Waals surface area (Å²) in [7, 11) is 1.62. The third-order valence-electron chi connectivity index (χ3n) is 3.62. The number of benzene rings is 1. The molecule has 0 bridgehead atoms. The van der Waals surface area contributed by atoms with Crippen LogP contribution in [0.15, 0.2) is 24.3 Å². The van der Waals surface area contributed by atoms with Crippen LogP contribution in [0.1, 0.15) is 23.7 Å². The van der Waals surface area contributed by atoms with Crippen molar-refractivity contribution < 1.29 is 19.7 Å². The first-order valence-electron chi connectivity index (χ1n) is 6.73. The monoisotopic (exact) mass is 266 g/mol. The molecule has 0 saturated heterocycles. The molecule has 0 aromatic heterocycles. The molecule has 1 aromatic carbocycles. The summed E-state index contributed by atoms with van der Waals surface area (Å²) in [6, 6.07) is 7.93. The fourth-order valence-corrected chi connectivity index (χ4v) is 2.65. The molecule has 0 spiro atoms. The number of aliphatic hydroxyl groups excluding tert-OH is 2. The van der Waals surface area contributed by atoms with Crippen LogP contribution in [0.2, 0.25) is 0 Å². The molecule has 0 aliphatic heterocycles. The first-order chi connectivity index (χ1) is 9.22. The van der Waals surface area contributed by atoms with Crippen LogP contribution in [0.4, 0.5) is 0 Å². The molecule has 0 saturated carbocycles. The summed E-state index contributed by atoms with van der Waals surface area (Å²) in [5.41, 5.74) is 2.19. The Kier molecular flexibility index (Phi) is 5.34. The Hall–Kier alpha value is -0.940. The van der Waals surface area contributed by atoms with Crippen molar-refractivity contribution in [2.24, 2.45) is 5.92 Å². The summed E-state index contributed by atoms with van der Waals surface area (Å²) >= 11 is 0. The van der Waals surface area contributed by atoms with Gasteiger partial charge >= 0.3 is 0 Å². The van der Waals surface area contributed by atoms with E-state index in [1.165, 1.54) is 5.56 Å². The Morgan fingerprint density at radius 1 is 1.32 bits per heavy atom. The molecule has 19 heavy (non-hydrogen) atoms. The highest BCUT2D eigenvalue weighted by Gasteiger charge is 2.31. The van der Waals surface area contributed by atoms with Gasteiger partial charge in [0.15, 0.2) is 0 Å². The molecule has 0 fully saturated rings. The van der Waals surface area contributed by atoms with Gasteiger partial charge in [0, 0.05) is 7.11 Å². The maximum Gasteiger partial charge on any atom is 0.0825 e. The standard InChI is InChI=1S/C15H22O4/c1-18-6-7-19-10-13(16)9-12-8-11-4-2-3-5-14(11)15(12)17/h2-5,12-13,15-17H,6-10H2,1H3. The van der Waals surface area contributed by atoms with Gasteiger partial charge in [0.25, 0.3) is 0 Å². The van der Waals surface area contributed by atoms with Crippen LogP contribution in [-0.4, -0.2) is 43.2 Å². The Morgan fingerprint density at radius 3 is 2.84 bits per heavy atom. The smallest absolute Gasteiger partial charge is 0.0825 e.